The molecule has 34 heavy (non-hydrogen) atoms. The smallest absolute Gasteiger partial charge is 0.276 e. The topological polar surface area (TPSA) is 83.0 Å². The second-order valence-electron chi connectivity index (χ2n) is 7.58. The Kier molecular flexibility index (Phi) is 6.67. The van der Waals surface area contributed by atoms with E-state index in [1.807, 2.05) is 78.9 Å². The van der Waals surface area contributed by atoms with Gasteiger partial charge in [-0.05, 0) is 30.2 Å². The van der Waals surface area contributed by atoms with Crippen molar-refractivity contribution in [3.05, 3.63) is 101 Å². The fourth-order valence-electron chi connectivity index (χ4n) is 3.55. The van der Waals surface area contributed by atoms with Gasteiger partial charge in [0.1, 0.15) is 5.75 Å². The average molecular weight is 471 g/mol. The fourth-order valence-corrected chi connectivity index (χ4v) is 4.22. The van der Waals surface area contributed by atoms with Crippen LogP contribution in [0.1, 0.15) is 12.0 Å². The van der Waals surface area contributed by atoms with Crippen molar-refractivity contribution in [2.24, 2.45) is 0 Å². The number of ether oxygens (including phenoxy) is 1. The Morgan fingerprint density at radius 1 is 0.853 bits per heavy atom. The van der Waals surface area contributed by atoms with E-state index in [-0.39, 0.29) is 5.56 Å². The maximum atomic E-state index is 13.0. The number of rotatable bonds is 9. The van der Waals surface area contributed by atoms with Crippen LogP contribution in [0.3, 0.4) is 0 Å². The van der Waals surface area contributed by atoms with E-state index in [9.17, 15) is 4.79 Å². The van der Waals surface area contributed by atoms with Gasteiger partial charge in [-0.25, -0.2) is 4.68 Å². The highest BCUT2D eigenvalue weighted by molar-refractivity contribution is 7.99. The molecule has 8 heteroatoms. The Morgan fingerprint density at radius 3 is 2.35 bits per heavy atom. The van der Waals surface area contributed by atoms with Crippen LogP contribution in [-0.2, 0) is 6.54 Å². The zero-order valence-electron chi connectivity index (χ0n) is 18.3. The van der Waals surface area contributed by atoms with Crippen molar-refractivity contribution in [2.45, 2.75) is 18.2 Å². The zero-order valence-corrected chi connectivity index (χ0v) is 19.1. The molecule has 5 aromatic rings. The van der Waals surface area contributed by atoms with Crippen LogP contribution in [0, 0.1) is 0 Å². The first kappa shape index (κ1) is 21.9. The summed E-state index contributed by atoms with van der Waals surface area (Å²) in [4.78, 5) is 13.0. The van der Waals surface area contributed by atoms with Gasteiger partial charge in [-0.15, -0.1) is 10.2 Å². The minimum Gasteiger partial charge on any atom is -0.494 e. The molecule has 2 heterocycles. The highest BCUT2D eigenvalue weighted by Gasteiger charge is 2.18. The van der Waals surface area contributed by atoms with Crippen molar-refractivity contribution in [3.63, 3.8) is 0 Å². The molecule has 0 atom stereocenters. The molecule has 170 valence electrons. The van der Waals surface area contributed by atoms with Gasteiger partial charge in [-0.1, -0.05) is 78.5 Å². The lowest BCUT2D eigenvalue weighted by atomic mass is 10.1. The first-order valence-corrected chi connectivity index (χ1v) is 11.9. The van der Waals surface area contributed by atoms with Crippen molar-refractivity contribution in [1.82, 2.24) is 20.0 Å². The first-order valence-electron chi connectivity index (χ1n) is 11.0. The predicted molar refractivity (Wildman–Crippen MR) is 132 cm³/mol. The van der Waals surface area contributed by atoms with Crippen LogP contribution in [-0.4, -0.2) is 32.3 Å². The number of hydrogen-bond donors (Lipinski definition) is 0. The Labute approximate surface area is 200 Å². The van der Waals surface area contributed by atoms with Crippen molar-refractivity contribution in [3.8, 4) is 17.3 Å². The van der Waals surface area contributed by atoms with Gasteiger partial charge in [0.05, 0.1) is 18.5 Å². The van der Waals surface area contributed by atoms with Crippen LogP contribution in [0.2, 0.25) is 0 Å². The Morgan fingerprint density at radius 2 is 1.56 bits per heavy atom. The highest BCUT2D eigenvalue weighted by Crippen LogP contribution is 2.27. The van der Waals surface area contributed by atoms with Crippen LogP contribution in [0.4, 0.5) is 0 Å². The normalized spacial score (nSPS) is 11.1. The second-order valence-corrected chi connectivity index (χ2v) is 8.63. The van der Waals surface area contributed by atoms with E-state index in [1.54, 1.807) is 6.07 Å². The third kappa shape index (κ3) is 5.02. The average Bonchev–Trinajstić information content (AvgIpc) is 3.35. The molecule has 0 aliphatic heterocycles. The van der Waals surface area contributed by atoms with E-state index in [4.69, 9.17) is 9.15 Å². The van der Waals surface area contributed by atoms with E-state index in [0.717, 1.165) is 23.5 Å². The van der Waals surface area contributed by atoms with Gasteiger partial charge in [0.25, 0.3) is 16.7 Å². The van der Waals surface area contributed by atoms with Gasteiger partial charge in [0, 0.05) is 11.1 Å². The summed E-state index contributed by atoms with van der Waals surface area (Å²) in [6, 6.07) is 26.8. The van der Waals surface area contributed by atoms with Crippen LogP contribution in [0.5, 0.6) is 5.75 Å². The molecule has 0 fully saturated rings. The van der Waals surface area contributed by atoms with Crippen molar-refractivity contribution in [2.75, 3.05) is 12.4 Å². The first-order chi connectivity index (χ1) is 16.8. The van der Waals surface area contributed by atoms with Crippen LogP contribution in [0.15, 0.2) is 99.4 Å². The van der Waals surface area contributed by atoms with Crippen molar-refractivity contribution < 1.29 is 9.15 Å². The zero-order chi connectivity index (χ0) is 23.2. The lowest BCUT2D eigenvalue weighted by molar-refractivity contribution is 0.318. The quantitative estimate of drug-likeness (QED) is 0.220. The van der Waals surface area contributed by atoms with E-state index >= 15 is 0 Å². The number of aromatic nitrogens is 4. The minimum atomic E-state index is -0.157. The van der Waals surface area contributed by atoms with Gasteiger partial charge in [0.2, 0.25) is 0 Å². The summed E-state index contributed by atoms with van der Waals surface area (Å²) >= 11 is 1.47. The van der Waals surface area contributed by atoms with Crippen LogP contribution in [0.25, 0.3) is 22.4 Å². The maximum absolute atomic E-state index is 13.0. The molecule has 0 spiro atoms. The molecule has 0 bridgehead atoms. The minimum absolute atomic E-state index is 0.157. The summed E-state index contributed by atoms with van der Waals surface area (Å²) < 4.78 is 13.1. The van der Waals surface area contributed by atoms with Crippen LogP contribution >= 0.6 is 11.8 Å². The lowest BCUT2D eigenvalue weighted by Gasteiger charge is -2.09. The fraction of sp³-hybridized carbons (Fsp3) is 0.154. The number of nitrogens with zero attached hydrogens (tertiary/aromatic N) is 4. The largest absolute Gasteiger partial charge is 0.494 e. The molecule has 0 aliphatic carbocycles. The summed E-state index contributed by atoms with van der Waals surface area (Å²) in [5, 5.41) is 14.7. The summed E-state index contributed by atoms with van der Waals surface area (Å²) in [6.07, 6.45) is 0.834. The van der Waals surface area contributed by atoms with Gasteiger partial charge < -0.3 is 9.15 Å². The summed E-state index contributed by atoms with van der Waals surface area (Å²) in [6.45, 7) is 0.962. The number of para-hydroxylation sites is 1. The second kappa shape index (κ2) is 10.4. The van der Waals surface area contributed by atoms with E-state index in [2.05, 4.69) is 15.3 Å². The Balaban J connectivity index is 1.33. The summed E-state index contributed by atoms with van der Waals surface area (Å²) in [7, 11) is 0. The standard InChI is InChI=1S/C26H22N4O3S/c31-25-22-15-8-7-14-21(22)23(29-30(25)18-19-10-3-1-4-11-19)24-27-28-26(33-24)34-17-9-16-32-20-12-5-2-6-13-20/h1-8,10-15H,9,16-18H2. The Bertz CT molecular complexity index is 1440. The van der Waals surface area contributed by atoms with E-state index in [1.165, 1.54) is 16.4 Å². The van der Waals surface area contributed by atoms with Gasteiger partial charge in [0.15, 0.2) is 5.69 Å². The highest BCUT2D eigenvalue weighted by atomic mass is 32.2. The molecule has 7 nitrogen and oxygen atoms in total. The van der Waals surface area contributed by atoms with Crippen molar-refractivity contribution in [1.29, 1.82) is 0 Å². The molecule has 0 radical (unpaired) electrons. The maximum Gasteiger partial charge on any atom is 0.276 e. The SMILES string of the molecule is O=c1c2ccccc2c(-c2nnc(SCCCOc3ccccc3)o2)nn1Cc1ccccc1. The van der Waals surface area contributed by atoms with Gasteiger partial charge in [-0.3, -0.25) is 4.79 Å². The molecule has 0 saturated carbocycles. The number of benzene rings is 3. The molecular formula is C26H22N4O3S. The van der Waals surface area contributed by atoms with Gasteiger partial charge >= 0.3 is 0 Å². The van der Waals surface area contributed by atoms with E-state index < -0.39 is 0 Å². The number of hydrogen-bond acceptors (Lipinski definition) is 7. The number of fused-ring (bicyclic) bond motifs is 1. The Hall–Kier alpha value is -3.91. The molecule has 3 aromatic carbocycles. The molecule has 0 saturated heterocycles. The summed E-state index contributed by atoms with van der Waals surface area (Å²) in [5.74, 6) is 1.92. The third-order valence-electron chi connectivity index (χ3n) is 5.18. The lowest BCUT2D eigenvalue weighted by Crippen LogP contribution is -2.24. The molecule has 2 aromatic heterocycles. The summed E-state index contributed by atoms with van der Waals surface area (Å²) in [5.41, 5.74) is 1.33. The predicted octanol–water partition coefficient (Wildman–Crippen LogP) is 5.06. The van der Waals surface area contributed by atoms with Gasteiger partial charge in [-0.2, -0.15) is 5.10 Å². The monoisotopic (exact) mass is 470 g/mol. The molecule has 0 aliphatic rings. The molecule has 5 rings (SSSR count). The molecule has 0 unspecified atom stereocenters. The molecule has 0 N–H and O–H groups in total. The molecular weight excluding hydrogens is 448 g/mol. The number of thioether (sulfide) groups is 1. The van der Waals surface area contributed by atoms with Crippen molar-refractivity contribution >= 4 is 22.5 Å². The molecule has 0 amide bonds. The van der Waals surface area contributed by atoms with Crippen LogP contribution < -0.4 is 10.3 Å². The van der Waals surface area contributed by atoms with E-state index in [0.29, 0.717) is 40.7 Å². The third-order valence-corrected chi connectivity index (χ3v) is 6.08.